The van der Waals surface area contributed by atoms with Crippen LogP contribution < -0.4 is 10.6 Å². The first-order valence-corrected chi connectivity index (χ1v) is 7.33. The van der Waals surface area contributed by atoms with Crippen molar-refractivity contribution in [1.29, 1.82) is 0 Å². The van der Waals surface area contributed by atoms with E-state index in [2.05, 4.69) is 17.6 Å². The molecule has 0 aromatic carbocycles. The van der Waals surface area contributed by atoms with Crippen LogP contribution in [-0.2, 0) is 4.79 Å². The molecule has 0 bridgehead atoms. The van der Waals surface area contributed by atoms with Gasteiger partial charge in [-0.3, -0.25) is 4.79 Å². The fraction of sp³-hybridized carbons (Fsp3) is 0.917. The maximum atomic E-state index is 11.9. The molecule has 0 saturated carbocycles. The highest BCUT2D eigenvalue weighted by atomic mass is 32.2. The molecule has 0 aliphatic carbocycles. The minimum absolute atomic E-state index is 0.0590. The average Bonchev–Trinajstić information content (AvgIpc) is 2.75. The highest BCUT2D eigenvalue weighted by Gasteiger charge is 2.30. The van der Waals surface area contributed by atoms with Gasteiger partial charge in [0, 0.05) is 11.3 Å². The topological polar surface area (TPSA) is 41.1 Å². The van der Waals surface area contributed by atoms with Crippen LogP contribution in [0, 0.1) is 0 Å². The van der Waals surface area contributed by atoms with E-state index in [9.17, 15) is 4.79 Å². The lowest BCUT2D eigenvalue weighted by molar-refractivity contribution is -0.123. The van der Waals surface area contributed by atoms with Gasteiger partial charge in [0.2, 0.25) is 5.91 Å². The summed E-state index contributed by atoms with van der Waals surface area (Å²) >= 11 is 2.00. The monoisotopic (exact) mass is 242 g/mol. The Labute approximate surface area is 102 Å². The molecule has 4 heteroatoms. The van der Waals surface area contributed by atoms with Crippen molar-refractivity contribution in [2.75, 3.05) is 18.8 Å². The summed E-state index contributed by atoms with van der Waals surface area (Å²) in [5.41, 5.74) is 0. The zero-order chi connectivity index (χ0) is 11.4. The van der Waals surface area contributed by atoms with Crippen LogP contribution in [-0.4, -0.2) is 35.5 Å². The first-order chi connectivity index (χ1) is 7.70. The normalized spacial score (nSPS) is 34.9. The van der Waals surface area contributed by atoms with Crippen molar-refractivity contribution in [1.82, 2.24) is 10.6 Å². The molecule has 2 atom stereocenters. The van der Waals surface area contributed by atoms with Gasteiger partial charge in [0.05, 0.1) is 6.04 Å². The summed E-state index contributed by atoms with van der Waals surface area (Å²) in [7, 11) is 0. The summed E-state index contributed by atoms with van der Waals surface area (Å²) in [4.78, 5) is 11.9. The molecule has 2 N–H and O–H groups in total. The molecule has 2 rings (SSSR count). The Balaban J connectivity index is 1.74. The maximum absolute atomic E-state index is 11.9. The van der Waals surface area contributed by atoms with E-state index < -0.39 is 0 Å². The van der Waals surface area contributed by atoms with E-state index in [1.165, 1.54) is 31.4 Å². The highest BCUT2D eigenvalue weighted by molar-refractivity contribution is 8.00. The van der Waals surface area contributed by atoms with Crippen LogP contribution in [0.4, 0.5) is 0 Å². The molecular formula is C12H22N2OS. The lowest BCUT2D eigenvalue weighted by Crippen LogP contribution is -2.49. The molecule has 2 aliphatic heterocycles. The van der Waals surface area contributed by atoms with Gasteiger partial charge in [-0.1, -0.05) is 6.42 Å². The number of carbonyl (C=O) groups excluding carboxylic acids is 1. The minimum atomic E-state index is 0.0590. The largest absolute Gasteiger partial charge is 0.353 e. The van der Waals surface area contributed by atoms with E-state index >= 15 is 0 Å². The smallest absolute Gasteiger partial charge is 0.237 e. The predicted molar refractivity (Wildman–Crippen MR) is 68.7 cm³/mol. The van der Waals surface area contributed by atoms with Crippen molar-refractivity contribution < 1.29 is 4.79 Å². The van der Waals surface area contributed by atoms with Crippen molar-refractivity contribution in [2.45, 2.75) is 49.8 Å². The molecule has 0 aromatic rings. The maximum Gasteiger partial charge on any atom is 0.237 e. The molecule has 2 heterocycles. The van der Waals surface area contributed by atoms with Gasteiger partial charge in [-0.15, -0.1) is 0 Å². The van der Waals surface area contributed by atoms with Crippen LogP contribution in [0.15, 0.2) is 0 Å². The van der Waals surface area contributed by atoms with E-state index in [0.29, 0.717) is 0 Å². The van der Waals surface area contributed by atoms with Gasteiger partial charge in [0.15, 0.2) is 0 Å². The summed E-state index contributed by atoms with van der Waals surface area (Å²) in [6.45, 7) is 4.08. The molecule has 0 radical (unpaired) electrons. The van der Waals surface area contributed by atoms with E-state index in [4.69, 9.17) is 0 Å². The fourth-order valence-electron chi connectivity index (χ4n) is 2.45. The fourth-order valence-corrected chi connectivity index (χ4v) is 3.69. The van der Waals surface area contributed by atoms with E-state index in [-0.39, 0.29) is 16.7 Å². The SMILES string of the molecule is CC1(CNC(=O)[C@H]2CCCCN2)CCCS1. The summed E-state index contributed by atoms with van der Waals surface area (Å²) in [6.07, 6.45) is 5.90. The van der Waals surface area contributed by atoms with Gasteiger partial charge < -0.3 is 10.6 Å². The summed E-state index contributed by atoms with van der Waals surface area (Å²) < 4.78 is 0.282. The van der Waals surface area contributed by atoms with E-state index in [1.807, 2.05) is 11.8 Å². The molecule has 2 saturated heterocycles. The number of rotatable bonds is 3. The second-order valence-electron chi connectivity index (χ2n) is 5.12. The number of thioether (sulfide) groups is 1. The van der Waals surface area contributed by atoms with Gasteiger partial charge in [0.25, 0.3) is 0 Å². The van der Waals surface area contributed by atoms with Crippen molar-refractivity contribution in [3.63, 3.8) is 0 Å². The minimum Gasteiger partial charge on any atom is -0.353 e. The first-order valence-electron chi connectivity index (χ1n) is 6.35. The summed E-state index contributed by atoms with van der Waals surface area (Å²) in [5.74, 6) is 1.45. The third kappa shape index (κ3) is 3.14. The van der Waals surface area contributed by atoms with Gasteiger partial charge in [-0.05, 0) is 44.9 Å². The van der Waals surface area contributed by atoms with Gasteiger partial charge in [-0.2, -0.15) is 11.8 Å². The first kappa shape index (κ1) is 12.2. The van der Waals surface area contributed by atoms with Crippen LogP contribution in [0.5, 0.6) is 0 Å². The molecule has 92 valence electrons. The van der Waals surface area contributed by atoms with Gasteiger partial charge in [0.1, 0.15) is 0 Å². The Bertz CT molecular complexity index is 245. The lowest BCUT2D eigenvalue weighted by atomic mass is 10.0. The molecule has 16 heavy (non-hydrogen) atoms. The summed E-state index contributed by atoms with van der Waals surface area (Å²) in [6, 6.07) is 0.0590. The molecule has 0 spiro atoms. The van der Waals surface area contributed by atoms with Crippen LogP contribution in [0.3, 0.4) is 0 Å². The standard InChI is InChI=1S/C12H22N2OS/c1-12(6-4-8-16-12)9-14-11(15)10-5-2-3-7-13-10/h10,13H,2-9H2,1H3,(H,14,15)/t10-,12?/m1/s1. The van der Waals surface area contributed by atoms with E-state index in [1.54, 1.807) is 0 Å². The molecule has 1 amide bonds. The second kappa shape index (κ2) is 5.41. The van der Waals surface area contributed by atoms with Crippen molar-refractivity contribution >= 4 is 17.7 Å². The predicted octanol–water partition coefficient (Wildman–Crippen LogP) is 1.53. The molecule has 2 aliphatic rings. The number of piperidine rings is 1. The third-order valence-electron chi connectivity index (χ3n) is 3.56. The van der Waals surface area contributed by atoms with Crippen LogP contribution in [0.25, 0.3) is 0 Å². The van der Waals surface area contributed by atoms with Gasteiger partial charge in [-0.25, -0.2) is 0 Å². The molecule has 1 unspecified atom stereocenters. The zero-order valence-electron chi connectivity index (χ0n) is 10.1. The molecular weight excluding hydrogens is 220 g/mol. The van der Waals surface area contributed by atoms with Crippen molar-refractivity contribution in [3.05, 3.63) is 0 Å². The Hall–Kier alpha value is -0.220. The number of hydrogen-bond acceptors (Lipinski definition) is 3. The average molecular weight is 242 g/mol. The third-order valence-corrected chi connectivity index (χ3v) is 5.10. The van der Waals surface area contributed by atoms with Crippen molar-refractivity contribution in [3.8, 4) is 0 Å². The van der Waals surface area contributed by atoms with Gasteiger partial charge >= 0.3 is 0 Å². The van der Waals surface area contributed by atoms with E-state index in [0.717, 1.165) is 19.5 Å². The number of nitrogens with one attached hydrogen (secondary N) is 2. The van der Waals surface area contributed by atoms with Crippen molar-refractivity contribution in [2.24, 2.45) is 0 Å². The Morgan fingerprint density at radius 2 is 2.38 bits per heavy atom. The number of amides is 1. The molecule has 3 nitrogen and oxygen atoms in total. The number of carbonyl (C=O) groups is 1. The Kier molecular flexibility index (Phi) is 4.14. The molecule has 0 aromatic heterocycles. The Morgan fingerprint density at radius 3 is 3.00 bits per heavy atom. The van der Waals surface area contributed by atoms with Crippen LogP contribution >= 0.6 is 11.8 Å². The zero-order valence-corrected chi connectivity index (χ0v) is 10.9. The molecule has 2 fully saturated rings. The lowest BCUT2D eigenvalue weighted by Gasteiger charge is -2.27. The number of hydrogen-bond donors (Lipinski definition) is 2. The highest BCUT2D eigenvalue weighted by Crippen LogP contribution is 2.36. The Morgan fingerprint density at radius 1 is 1.50 bits per heavy atom. The quantitative estimate of drug-likeness (QED) is 0.788. The summed E-state index contributed by atoms with van der Waals surface area (Å²) in [5, 5.41) is 6.40. The van der Waals surface area contributed by atoms with Crippen LogP contribution in [0.2, 0.25) is 0 Å². The van der Waals surface area contributed by atoms with Crippen LogP contribution in [0.1, 0.15) is 39.0 Å². The second-order valence-corrected chi connectivity index (χ2v) is 6.80.